The van der Waals surface area contributed by atoms with Crippen molar-refractivity contribution >= 4 is 15.5 Å². The molecule has 0 aliphatic carbocycles. The molecule has 0 aromatic heterocycles. The fourth-order valence-electron chi connectivity index (χ4n) is 2.28. The second-order valence-corrected chi connectivity index (χ2v) is 7.78. The van der Waals surface area contributed by atoms with Gasteiger partial charge in [0.05, 0.1) is 0 Å². The molecule has 0 saturated carbocycles. The van der Waals surface area contributed by atoms with Gasteiger partial charge in [-0.2, -0.15) is 4.86 Å². The third kappa shape index (κ3) is 9.08. The number of hydrogen-bond acceptors (Lipinski definition) is 3. The van der Waals surface area contributed by atoms with E-state index in [2.05, 4.69) is 4.86 Å². The molecule has 0 bridgehead atoms. The summed E-state index contributed by atoms with van der Waals surface area (Å²) in [6, 6.07) is 0. The van der Waals surface area contributed by atoms with Crippen LogP contribution in [0.15, 0.2) is 0 Å². The van der Waals surface area contributed by atoms with Gasteiger partial charge in [0.25, 0.3) is 0 Å². The quantitative estimate of drug-likeness (QED) is 0.464. The Morgan fingerprint density at radius 3 is 1.17 bits per heavy atom. The largest absolute Gasteiger partial charge is 0.667 e. The summed E-state index contributed by atoms with van der Waals surface area (Å²) in [6.07, 6.45) is 0. The average molecular weight is 296 g/mol. The van der Waals surface area contributed by atoms with Crippen LogP contribution in [0.1, 0.15) is 41.5 Å². The third-order valence-electron chi connectivity index (χ3n) is 2.14. The van der Waals surface area contributed by atoms with Crippen molar-refractivity contribution in [3.63, 3.8) is 0 Å². The van der Waals surface area contributed by atoms with Crippen LogP contribution in [0.3, 0.4) is 0 Å². The van der Waals surface area contributed by atoms with Gasteiger partial charge in [-0.3, -0.25) is 0 Å². The van der Waals surface area contributed by atoms with Crippen LogP contribution >= 0.6 is 8.19 Å². The molecule has 9 heteroatoms. The van der Waals surface area contributed by atoms with Crippen molar-refractivity contribution in [3.05, 3.63) is 0 Å². The first-order chi connectivity index (χ1) is 7.64. The van der Waals surface area contributed by atoms with Crippen LogP contribution in [0.4, 0.5) is 17.1 Å². The van der Waals surface area contributed by atoms with E-state index in [9.17, 15) is 17.1 Å². The summed E-state index contributed by atoms with van der Waals surface area (Å²) in [6.45, 7) is 10.0. The van der Waals surface area contributed by atoms with Crippen LogP contribution in [-0.2, 0) is 4.86 Å². The summed E-state index contributed by atoms with van der Waals surface area (Å²) in [5, 5.41) is 14.6. The smallest absolute Gasteiger partial charge is 0.400 e. The van der Waals surface area contributed by atoms with Gasteiger partial charge in [-0.1, -0.05) is 4.53 Å². The van der Waals surface area contributed by atoms with E-state index in [1.807, 2.05) is 0 Å². The molecule has 0 aromatic rings. The van der Waals surface area contributed by atoms with Crippen molar-refractivity contribution < 1.29 is 32.0 Å². The Hall–Kier alpha value is 0.0949. The second kappa shape index (κ2) is 7.03. The fourth-order valence-corrected chi connectivity index (χ4v) is 4.24. The molecular weight excluding hydrogens is 274 g/mol. The van der Waals surface area contributed by atoms with Crippen LogP contribution in [0.2, 0.25) is 0 Å². The van der Waals surface area contributed by atoms with Crippen molar-refractivity contribution in [1.29, 1.82) is 0 Å². The van der Waals surface area contributed by atoms with Gasteiger partial charge in [0, 0.05) is 0 Å². The van der Waals surface area contributed by atoms with E-state index in [1.54, 1.807) is 41.5 Å². The predicted octanol–water partition coefficient (Wildman–Crippen LogP) is 3.71. The minimum absolute atomic E-state index is 0.678. The summed E-state index contributed by atoms with van der Waals surface area (Å²) in [4.78, 5) is 2.36. The monoisotopic (exact) mass is 296 g/mol. The Kier molecular flexibility index (Phi) is 7.97. The van der Waals surface area contributed by atoms with E-state index < -0.39 is 32.0 Å². The summed E-state index contributed by atoms with van der Waals surface area (Å²) in [5.74, 6) is 0. The molecule has 0 fully saturated rings. The zero-order chi connectivity index (χ0) is 15.4. The standard InChI is InChI=1S/C9H20F3P.BFH2O3/c1-8(2,3)7(9(4,5)6)13(10,11)12;2-5-1(3)4/h7,13H,1-6H3;3-4H. The first-order valence-corrected chi connectivity index (χ1v) is 7.05. The van der Waals surface area contributed by atoms with Crippen LogP contribution < -0.4 is 0 Å². The molecule has 0 rings (SSSR count). The summed E-state index contributed by atoms with van der Waals surface area (Å²) in [5.41, 5.74) is -2.49. The van der Waals surface area contributed by atoms with E-state index in [0.29, 0.717) is 0 Å². The van der Waals surface area contributed by atoms with E-state index in [-0.39, 0.29) is 0 Å². The van der Waals surface area contributed by atoms with Gasteiger partial charge in [-0.05, 0) is 0 Å². The number of rotatable bonds is 2. The zero-order valence-corrected chi connectivity index (χ0v) is 12.5. The Balaban J connectivity index is 0. The Labute approximate surface area is 106 Å². The molecule has 0 unspecified atom stereocenters. The molecule has 2 N–H and O–H groups in total. The van der Waals surface area contributed by atoms with E-state index in [1.165, 1.54) is 0 Å². The Morgan fingerprint density at radius 1 is 0.944 bits per heavy atom. The topological polar surface area (TPSA) is 49.7 Å². The first-order valence-electron chi connectivity index (χ1n) is 5.34. The predicted molar refractivity (Wildman–Crippen MR) is 66.7 cm³/mol. The summed E-state index contributed by atoms with van der Waals surface area (Å²) < 4.78 is 48.7. The van der Waals surface area contributed by atoms with Crippen molar-refractivity contribution in [2.75, 3.05) is 0 Å². The van der Waals surface area contributed by atoms with Crippen LogP contribution in [-0.4, -0.2) is 23.0 Å². The van der Waals surface area contributed by atoms with Crippen LogP contribution in [0.5, 0.6) is 0 Å². The van der Waals surface area contributed by atoms with Crippen molar-refractivity contribution in [2.45, 2.75) is 47.2 Å². The molecular formula is C9H22BF4O3P. The normalized spacial score (nSPS) is 14.1. The molecule has 0 spiro atoms. The van der Waals surface area contributed by atoms with Gasteiger partial charge in [0.1, 0.15) is 0 Å². The molecule has 0 aromatic carbocycles. The zero-order valence-electron chi connectivity index (χ0n) is 11.5. The van der Waals surface area contributed by atoms with Crippen LogP contribution in [0.25, 0.3) is 0 Å². The van der Waals surface area contributed by atoms with Gasteiger partial charge in [0.15, 0.2) is 0 Å². The van der Waals surface area contributed by atoms with E-state index >= 15 is 0 Å². The molecule has 0 atom stereocenters. The van der Waals surface area contributed by atoms with Crippen molar-refractivity contribution in [3.8, 4) is 0 Å². The molecule has 112 valence electrons. The van der Waals surface area contributed by atoms with Gasteiger partial charge in [-0.25, -0.2) is 0 Å². The van der Waals surface area contributed by atoms with Gasteiger partial charge >= 0.3 is 86.1 Å². The fraction of sp³-hybridized carbons (Fsp3) is 1.00. The van der Waals surface area contributed by atoms with Gasteiger partial charge < -0.3 is 10.0 Å². The molecule has 0 heterocycles. The van der Waals surface area contributed by atoms with E-state index in [0.717, 1.165) is 0 Å². The molecule has 0 aliphatic heterocycles. The molecule has 18 heavy (non-hydrogen) atoms. The third-order valence-corrected chi connectivity index (χ3v) is 4.53. The maximum absolute atomic E-state index is 12.9. The molecule has 0 saturated heterocycles. The molecule has 0 radical (unpaired) electrons. The molecule has 0 amide bonds. The Bertz CT molecular complexity index is 202. The maximum atomic E-state index is 12.9. The SMILES string of the molecule is CC(C)(C)C(C(C)(C)C)[PH](F)(F)F.OB(O)OF. The first kappa shape index (κ1) is 20.4. The van der Waals surface area contributed by atoms with Crippen molar-refractivity contribution in [2.24, 2.45) is 10.8 Å². The second-order valence-electron chi connectivity index (χ2n) is 6.12. The average Bonchev–Trinajstić information content (AvgIpc) is 1.95. The summed E-state index contributed by atoms with van der Waals surface area (Å²) >= 11 is 0. The van der Waals surface area contributed by atoms with Crippen LogP contribution in [0, 0.1) is 10.8 Å². The Morgan fingerprint density at radius 2 is 1.17 bits per heavy atom. The van der Waals surface area contributed by atoms with E-state index in [4.69, 9.17) is 10.0 Å². The van der Waals surface area contributed by atoms with Crippen molar-refractivity contribution in [1.82, 2.24) is 0 Å². The minimum atomic E-state index is -5.56. The number of halogens is 4. The minimum Gasteiger partial charge on any atom is -0.400 e. The van der Waals surface area contributed by atoms with Gasteiger partial charge in [-0.15, -0.1) is 0 Å². The molecule has 3 nitrogen and oxygen atoms in total. The number of hydrogen-bond donors (Lipinski definition) is 2. The summed E-state index contributed by atoms with van der Waals surface area (Å²) in [7, 11) is -7.84. The van der Waals surface area contributed by atoms with Gasteiger partial charge in [0.2, 0.25) is 0 Å². The maximum Gasteiger partial charge on any atom is 0.667 e. The molecule has 0 aliphatic rings.